The van der Waals surface area contributed by atoms with Gasteiger partial charge in [0.1, 0.15) is 0 Å². The molecule has 0 atom stereocenters. The van der Waals surface area contributed by atoms with Crippen molar-refractivity contribution in [2.24, 2.45) is 5.90 Å². The van der Waals surface area contributed by atoms with E-state index in [2.05, 4.69) is 17.3 Å². The molecule has 2 N–H and O–H groups in total. The Kier molecular flexibility index (Phi) is 4.58. The summed E-state index contributed by atoms with van der Waals surface area (Å²) in [5.41, 5.74) is 0.448. The molecular weight excluding hydrogens is 130 g/mol. The third-order valence-corrected chi connectivity index (χ3v) is 1.23. The summed E-state index contributed by atoms with van der Waals surface area (Å²) in [6, 6.07) is 0. The molecule has 0 aliphatic rings. The first-order valence-corrected chi connectivity index (χ1v) is 3.31. The van der Waals surface area contributed by atoms with Crippen molar-refractivity contribution < 1.29 is 9.63 Å². The van der Waals surface area contributed by atoms with Crippen LogP contribution in [0.15, 0.2) is 12.2 Å². The van der Waals surface area contributed by atoms with Crippen molar-refractivity contribution >= 4 is 5.97 Å². The Hall–Kier alpha value is -0.830. The highest BCUT2D eigenvalue weighted by Crippen LogP contribution is 2.04. The molecule has 0 aromatic heterocycles. The summed E-state index contributed by atoms with van der Waals surface area (Å²) in [6.07, 6.45) is 2.66. The molecule has 0 saturated heterocycles. The largest absolute Gasteiger partial charge is 0.370 e. The minimum atomic E-state index is -0.506. The second-order valence-corrected chi connectivity index (χ2v) is 2.11. The summed E-state index contributed by atoms with van der Waals surface area (Å²) in [5.74, 6) is 4.13. The Morgan fingerprint density at radius 3 is 2.70 bits per heavy atom. The van der Waals surface area contributed by atoms with Gasteiger partial charge in [0.2, 0.25) is 0 Å². The average Bonchev–Trinajstić information content (AvgIpc) is 1.98. The van der Waals surface area contributed by atoms with Crippen molar-refractivity contribution in [1.29, 1.82) is 0 Å². The van der Waals surface area contributed by atoms with Gasteiger partial charge in [-0.15, -0.1) is 0 Å². The molecule has 0 aromatic carbocycles. The van der Waals surface area contributed by atoms with Crippen LogP contribution in [0.2, 0.25) is 0 Å². The summed E-state index contributed by atoms with van der Waals surface area (Å²) in [7, 11) is 0. The van der Waals surface area contributed by atoms with Gasteiger partial charge in [0.05, 0.1) is 0 Å². The first-order chi connectivity index (χ1) is 4.72. The maximum Gasteiger partial charge on any atom is 0.351 e. The van der Waals surface area contributed by atoms with Crippen LogP contribution in [0.4, 0.5) is 0 Å². The van der Waals surface area contributed by atoms with E-state index in [1.807, 2.05) is 6.92 Å². The Morgan fingerprint density at radius 1 is 1.70 bits per heavy atom. The Balaban J connectivity index is 3.52. The minimum absolute atomic E-state index is 0.448. The van der Waals surface area contributed by atoms with Gasteiger partial charge >= 0.3 is 5.97 Å². The van der Waals surface area contributed by atoms with E-state index in [0.717, 1.165) is 12.8 Å². The molecule has 3 heteroatoms. The van der Waals surface area contributed by atoms with Crippen LogP contribution < -0.4 is 5.90 Å². The molecule has 0 fully saturated rings. The highest BCUT2D eigenvalue weighted by Gasteiger charge is 2.04. The van der Waals surface area contributed by atoms with Crippen LogP contribution in [0.1, 0.15) is 26.2 Å². The van der Waals surface area contributed by atoms with Crippen molar-refractivity contribution in [2.45, 2.75) is 26.2 Å². The van der Waals surface area contributed by atoms with Gasteiger partial charge in [-0.05, 0) is 12.8 Å². The number of hydrogen-bond acceptors (Lipinski definition) is 3. The number of nitrogens with two attached hydrogens (primary N) is 1. The molecule has 0 heterocycles. The molecule has 0 radical (unpaired) electrons. The molecule has 0 bridgehead atoms. The molecular formula is C7H13NO2. The van der Waals surface area contributed by atoms with Crippen LogP contribution in [0.3, 0.4) is 0 Å². The molecule has 3 nitrogen and oxygen atoms in total. The van der Waals surface area contributed by atoms with E-state index in [1.165, 1.54) is 0 Å². The first-order valence-electron chi connectivity index (χ1n) is 3.31. The summed E-state index contributed by atoms with van der Waals surface area (Å²) in [5, 5.41) is 0. The summed E-state index contributed by atoms with van der Waals surface area (Å²) < 4.78 is 0. The third kappa shape index (κ3) is 3.25. The number of carbonyl (C=O) groups excluding carboxylic acids is 1. The van der Waals surface area contributed by atoms with Gasteiger partial charge in [0, 0.05) is 5.57 Å². The van der Waals surface area contributed by atoms with Crippen LogP contribution in [-0.4, -0.2) is 5.97 Å². The van der Waals surface area contributed by atoms with Crippen LogP contribution in [-0.2, 0) is 9.63 Å². The number of unbranched alkanes of at least 4 members (excludes halogenated alkanes) is 1. The molecule has 0 saturated carbocycles. The van der Waals surface area contributed by atoms with Crippen LogP contribution in [0.5, 0.6) is 0 Å². The van der Waals surface area contributed by atoms with Crippen LogP contribution in [0.25, 0.3) is 0 Å². The van der Waals surface area contributed by atoms with Crippen molar-refractivity contribution in [3.05, 3.63) is 12.2 Å². The Labute approximate surface area is 60.8 Å². The average molecular weight is 143 g/mol. The smallest absolute Gasteiger partial charge is 0.351 e. The molecule has 0 aliphatic heterocycles. The quantitative estimate of drug-likeness (QED) is 0.474. The van der Waals surface area contributed by atoms with Crippen LogP contribution >= 0.6 is 0 Å². The van der Waals surface area contributed by atoms with Crippen molar-refractivity contribution in [3.63, 3.8) is 0 Å². The minimum Gasteiger partial charge on any atom is -0.370 e. The lowest BCUT2D eigenvalue weighted by Gasteiger charge is -1.99. The lowest BCUT2D eigenvalue weighted by molar-refractivity contribution is -0.139. The number of rotatable bonds is 4. The van der Waals surface area contributed by atoms with E-state index in [1.54, 1.807) is 0 Å². The van der Waals surface area contributed by atoms with Gasteiger partial charge in [-0.25, -0.2) is 4.79 Å². The van der Waals surface area contributed by atoms with Crippen molar-refractivity contribution in [3.8, 4) is 0 Å². The van der Waals surface area contributed by atoms with Gasteiger partial charge in [0.15, 0.2) is 0 Å². The highest BCUT2D eigenvalue weighted by molar-refractivity contribution is 5.87. The summed E-state index contributed by atoms with van der Waals surface area (Å²) in [4.78, 5) is 14.5. The summed E-state index contributed by atoms with van der Waals surface area (Å²) in [6.45, 7) is 5.55. The van der Waals surface area contributed by atoms with Gasteiger partial charge in [-0.1, -0.05) is 19.9 Å². The standard InChI is InChI=1S/C7H13NO2/c1-3-4-5-6(2)7(9)10-8/h2-5,8H2,1H3. The lowest BCUT2D eigenvalue weighted by Crippen LogP contribution is -2.11. The SMILES string of the molecule is C=C(CCCC)C(=O)ON. The maximum absolute atomic E-state index is 10.6. The maximum atomic E-state index is 10.6. The van der Waals surface area contributed by atoms with Crippen LogP contribution in [0, 0.1) is 0 Å². The molecule has 0 rings (SSSR count). The molecule has 0 unspecified atom stereocenters. The Bertz CT molecular complexity index is 132. The molecule has 0 aliphatic carbocycles. The van der Waals surface area contributed by atoms with Crippen molar-refractivity contribution in [2.75, 3.05) is 0 Å². The van der Waals surface area contributed by atoms with E-state index in [9.17, 15) is 4.79 Å². The summed E-state index contributed by atoms with van der Waals surface area (Å²) >= 11 is 0. The van der Waals surface area contributed by atoms with Gasteiger partial charge in [-0.2, -0.15) is 5.90 Å². The normalized spacial score (nSPS) is 9.00. The fourth-order valence-corrected chi connectivity index (χ4v) is 0.576. The van der Waals surface area contributed by atoms with Crippen molar-refractivity contribution in [1.82, 2.24) is 0 Å². The molecule has 58 valence electrons. The third-order valence-electron chi connectivity index (χ3n) is 1.23. The van der Waals surface area contributed by atoms with E-state index in [-0.39, 0.29) is 0 Å². The molecule has 0 spiro atoms. The second kappa shape index (κ2) is 4.99. The zero-order valence-corrected chi connectivity index (χ0v) is 6.22. The lowest BCUT2D eigenvalue weighted by atomic mass is 10.1. The Morgan fingerprint density at radius 2 is 2.30 bits per heavy atom. The number of carbonyl (C=O) groups is 1. The topological polar surface area (TPSA) is 52.3 Å². The fourth-order valence-electron chi connectivity index (χ4n) is 0.576. The zero-order chi connectivity index (χ0) is 7.98. The fraction of sp³-hybridized carbons (Fsp3) is 0.571. The van der Waals surface area contributed by atoms with Gasteiger partial charge in [-0.3, -0.25) is 0 Å². The zero-order valence-electron chi connectivity index (χ0n) is 6.22. The molecule has 10 heavy (non-hydrogen) atoms. The molecule has 0 amide bonds. The van der Waals surface area contributed by atoms with E-state index < -0.39 is 5.97 Å². The predicted molar refractivity (Wildman–Crippen MR) is 38.9 cm³/mol. The van der Waals surface area contributed by atoms with E-state index in [0.29, 0.717) is 12.0 Å². The van der Waals surface area contributed by atoms with E-state index in [4.69, 9.17) is 0 Å². The number of hydrogen-bond donors (Lipinski definition) is 1. The van der Waals surface area contributed by atoms with Gasteiger partial charge < -0.3 is 4.84 Å². The monoisotopic (exact) mass is 143 g/mol. The van der Waals surface area contributed by atoms with E-state index >= 15 is 0 Å². The highest BCUT2D eigenvalue weighted by atomic mass is 16.7. The van der Waals surface area contributed by atoms with Gasteiger partial charge in [0.25, 0.3) is 0 Å². The molecule has 0 aromatic rings. The second-order valence-electron chi connectivity index (χ2n) is 2.11. The predicted octanol–water partition coefficient (Wildman–Crippen LogP) is 1.15. The first kappa shape index (κ1) is 9.17.